The lowest BCUT2D eigenvalue weighted by Gasteiger charge is -2.48. The quantitative estimate of drug-likeness (QED) is 0.739. The van der Waals surface area contributed by atoms with Crippen LogP contribution < -0.4 is 9.64 Å². The summed E-state index contributed by atoms with van der Waals surface area (Å²) in [5.74, 6) is 1.91. The highest BCUT2D eigenvalue weighted by molar-refractivity contribution is 5.98. The van der Waals surface area contributed by atoms with E-state index in [4.69, 9.17) is 4.74 Å². The fourth-order valence-electron chi connectivity index (χ4n) is 4.23. The van der Waals surface area contributed by atoms with E-state index < -0.39 is 0 Å². The molecular formula is C22H25N5O2. The van der Waals surface area contributed by atoms with E-state index in [0.29, 0.717) is 11.7 Å². The zero-order valence-corrected chi connectivity index (χ0v) is 16.5. The maximum atomic E-state index is 12.8. The summed E-state index contributed by atoms with van der Waals surface area (Å²) >= 11 is 0. The van der Waals surface area contributed by atoms with Gasteiger partial charge in [-0.05, 0) is 30.3 Å². The van der Waals surface area contributed by atoms with Gasteiger partial charge in [-0.1, -0.05) is 6.07 Å². The number of likely N-dealkylation sites (tertiary alicyclic amines) is 1. The number of carbonyl (C=O) groups excluding carboxylic acids is 1. The number of carbonyl (C=O) groups is 1. The fraction of sp³-hybridized carbons (Fsp3) is 0.364. The number of fused-ring (bicyclic) bond motifs is 1. The number of anilines is 1. The summed E-state index contributed by atoms with van der Waals surface area (Å²) in [5.41, 5.74) is 1.57. The van der Waals surface area contributed by atoms with Crippen LogP contribution in [0.15, 0.2) is 48.7 Å². The Labute approximate surface area is 169 Å². The molecule has 7 nitrogen and oxygen atoms in total. The molecule has 0 aliphatic carbocycles. The molecular weight excluding hydrogens is 366 g/mol. The Balaban J connectivity index is 1.17. The van der Waals surface area contributed by atoms with Gasteiger partial charge < -0.3 is 19.5 Å². The van der Waals surface area contributed by atoms with E-state index in [2.05, 4.69) is 25.8 Å². The number of methoxy groups -OCH3 is 1. The number of hydrogen-bond donors (Lipinski definition) is 1. The summed E-state index contributed by atoms with van der Waals surface area (Å²) in [6, 6.07) is 14.2. The zero-order valence-electron chi connectivity index (χ0n) is 16.5. The van der Waals surface area contributed by atoms with Crippen LogP contribution in [0.4, 0.5) is 5.82 Å². The first-order valence-corrected chi connectivity index (χ1v) is 10.1. The summed E-state index contributed by atoms with van der Waals surface area (Å²) in [5, 5.41) is 1.02. The number of aromatic amines is 1. The van der Waals surface area contributed by atoms with Crippen LogP contribution in [-0.2, 0) is 0 Å². The van der Waals surface area contributed by atoms with Crippen LogP contribution in [0.1, 0.15) is 10.5 Å². The van der Waals surface area contributed by atoms with E-state index in [1.54, 1.807) is 7.11 Å². The molecule has 150 valence electrons. The second kappa shape index (κ2) is 7.40. The summed E-state index contributed by atoms with van der Waals surface area (Å²) in [6.07, 6.45) is 1.84. The molecule has 2 aromatic heterocycles. The second-order valence-electron chi connectivity index (χ2n) is 7.71. The van der Waals surface area contributed by atoms with E-state index in [0.717, 1.165) is 61.7 Å². The molecule has 0 spiro atoms. The first-order chi connectivity index (χ1) is 14.2. The van der Waals surface area contributed by atoms with Crippen LogP contribution in [0, 0.1) is 0 Å². The monoisotopic (exact) mass is 391 g/mol. The van der Waals surface area contributed by atoms with Gasteiger partial charge in [0, 0.05) is 68.5 Å². The molecule has 0 unspecified atom stereocenters. The molecule has 2 fully saturated rings. The van der Waals surface area contributed by atoms with Crippen LogP contribution in [0.3, 0.4) is 0 Å². The second-order valence-corrected chi connectivity index (χ2v) is 7.71. The van der Waals surface area contributed by atoms with Gasteiger partial charge in [0.05, 0.1) is 7.11 Å². The van der Waals surface area contributed by atoms with Crippen molar-refractivity contribution >= 4 is 22.6 Å². The average Bonchev–Trinajstić information content (AvgIpc) is 3.17. The SMILES string of the molecule is COc1ccc2cc(C(=O)N3CC(N4CCN(c5ccccn5)CC4)C3)[nH]c2c1. The number of nitrogens with zero attached hydrogens (tertiary/aromatic N) is 4. The predicted molar refractivity (Wildman–Crippen MR) is 113 cm³/mol. The lowest BCUT2D eigenvalue weighted by Crippen LogP contribution is -2.64. The minimum absolute atomic E-state index is 0.0727. The number of benzene rings is 1. The highest BCUT2D eigenvalue weighted by Crippen LogP contribution is 2.24. The zero-order chi connectivity index (χ0) is 19.8. The molecule has 4 heterocycles. The summed E-state index contributed by atoms with van der Waals surface area (Å²) < 4.78 is 5.26. The van der Waals surface area contributed by atoms with E-state index in [1.807, 2.05) is 47.5 Å². The van der Waals surface area contributed by atoms with Gasteiger partial charge in [-0.15, -0.1) is 0 Å². The van der Waals surface area contributed by atoms with Crippen LogP contribution >= 0.6 is 0 Å². The molecule has 3 aromatic rings. The normalized spacial score (nSPS) is 18.1. The summed E-state index contributed by atoms with van der Waals surface area (Å²) in [6.45, 7) is 5.56. The Bertz CT molecular complexity index is 1000. The topological polar surface area (TPSA) is 64.7 Å². The van der Waals surface area contributed by atoms with Gasteiger partial charge in [0.2, 0.25) is 0 Å². The van der Waals surface area contributed by atoms with Crippen molar-refractivity contribution in [2.24, 2.45) is 0 Å². The van der Waals surface area contributed by atoms with Crippen LogP contribution in [0.2, 0.25) is 0 Å². The number of amides is 1. The number of hydrogen-bond acceptors (Lipinski definition) is 5. The van der Waals surface area contributed by atoms with Crippen LogP contribution in [0.5, 0.6) is 5.75 Å². The number of pyridine rings is 1. The van der Waals surface area contributed by atoms with Crippen molar-refractivity contribution < 1.29 is 9.53 Å². The Morgan fingerprint density at radius 2 is 1.93 bits per heavy atom. The Kier molecular flexibility index (Phi) is 4.60. The lowest BCUT2D eigenvalue weighted by molar-refractivity contribution is 0.0242. The van der Waals surface area contributed by atoms with Gasteiger partial charge >= 0.3 is 0 Å². The van der Waals surface area contributed by atoms with Crippen LogP contribution in [0.25, 0.3) is 10.9 Å². The van der Waals surface area contributed by atoms with Crippen molar-refractivity contribution in [1.29, 1.82) is 0 Å². The Morgan fingerprint density at radius 1 is 1.10 bits per heavy atom. The first kappa shape index (κ1) is 18.0. The van der Waals surface area contributed by atoms with Gasteiger partial charge in [0.1, 0.15) is 17.3 Å². The minimum atomic E-state index is 0.0727. The number of aromatic nitrogens is 2. The standard InChI is InChI=1S/C22H25N5O2/c1-29-18-6-5-16-12-20(24-19(16)13-18)22(28)27-14-17(15-27)25-8-10-26(11-9-25)21-4-2-3-7-23-21/h2-7,12-13,17,24H,8-11,14-15H2,1H3. The highest BCUT2D eigenvalue weighted by Gasteiger charge is 2.36. The molecule has 1 N–H and O–H groups in total. The number of ether oxygens (including phenoxy) is 1. The Hall–Kier alpha value is -3.06. The molecule has 2 aliphatic heterocycles. The average molecular weight is 391 g/mol. The largest absolute Gasteiger partial charge is 0.497 e. The molecule has 7 heteroatoms. The molecule has 0 saturated carbocycles. The predicted octanol–water partition coefficient (Wildman–Crippen LogP) is 2.22. The van der Waals surface area contributed by atoms with Gasteiger partial charge in [0.25, 0.3) is 5.91 Å². The maximum Gasteiger partial charge on any atom is 0.270 e. The number of rotatable bonds is 4. The fourth-order valence-corrected chi connectivity index (χ4v) is 4.23. The van der Waals surface area contributed by atoms with Crippen molar-refractivity contribution in [3.05, 3.63) is 54.4 Å². The van der Waals surface area contributed by atoms with E-state index >= 15 is 0 Å². The van der Waals surface area contributed by atoms with Crippen molar-refractivity contribution in [3.8, 4) is 5.75 Å². The van der Waals surface area contributed by atoms with Gasteiger partial charge in [0.15, 0.2) is 0 Å². The third-order valence-corrected chi connectivity index (χ3v) is 6.01. The van der Waals surface area contributed by atoms with Gasteiger partial charge in [-0.3, -0.25) is 9.69 Å². The minimum Gasteiger partial charge on any atom is -0.497 e. The third kappa shape index (κ3) is 3.42. The molecule has 0 bridgehead atoms. The molecule has 2 saturated heterocycles. The van der Waals surface area contributed by atoms with Gasteiger partial charge in [-0.2, -0.15) is 0 Å². The van der Waals surface area contributed by atoms with E-state index in [9.17, 15) is 4.79 Å². The molecule has 0 radical (unpaired) electrons. The highest BCUT2D eigenvalue weighted by atomic mass is 16.5. The molecule has 5 rings (SSSR count). The van der Waals surface area contributed by atoms with Crippen molar-refractivity contribution in [3.63, 3.8) is 0 Å². The lowest BCUT2D eigenvalue weighted by atomic mass is 10.1. The molecule has 1 aromatic carbocycles. The smallest absolute Gasteiger partial charge is 0.270 e. The van der Waals surface area contributed by atoms with Gasteiger partial charge in [-0.25, -0.2) is 4.98 Å². The van der Waals surface area contributed by atoms with E-state index in [1.165, 1.54) is 0 Å². The molecule has 2 aliphatic rings. The molecule has 0 atom stereocenters. The summed E-state index contributed by atoms with van der Waals surface area (Å²) in [7, 11) is 1.65. The van der Waals surface area contributed by atoms with Crippen molar-refractivity contribution in [2.75, 3.05) is 51.3 Å². The third-order valence-electron chi connectivity index (χ3n) is 6.01. The van der Waals surface area contributed by atoms with Crippen molar-refractivity contribution in [2.45, 2.75) is 6.04 Å². The first-order valence-electron chi connectivity index (χ1n) is 10.1. The number of H-pyrrole nitrogens is 1. The van der Waals surface area contributed by atoms with E-state index in [-0.39, 0.29) is 5.91 Å². The number of nitrogens with one attached hydrogen (secondary N) is 1. The number of piperazine rings is 1. The summed E-state index contributed by atoms with van der Waals surface area (Å²) in [4.78, 5) is 27.3. The Morgan fingerprint density at radius 3 is 2.66 bits per heavy atom. The van der Waals surface area contributed by atoms with Crippen LogP contribution in [-0.4, -0.2) is 78.1 Å². The molecule has 1 amide bonds. The maximum absolute atomic E-state index is 12.8. The van der Waals surface area contributed by atoms with Crippen molar-refractivity contribution in [1.82, 2.24) is 19.8 Å². The molecule has 29 heavy (non-hydrogen) atoms.